The Balaban J connectivity index is 1.98. The fraction of sp³-hybridized carbons (Fsp3) is 0.364. The zero-order valence-electron chi connectivity index (χ0n) is 16.1. The zero-order chi connectivity index (χ0) is 20.7. The Morgan fingerprint density at radius 2 is 1.90 bits per heavy atom. The topological polar surface area (TPSA) is 71.3 Å². The molecule has 1 fully saturated rings. The molecule has 1 aliphatic rings. The summed E-state index contributed by atoms with van der Waals surface area (Å²) in [6.07, 6.45) is 5.92. The van der Waals surface area contributed by atoms with E-state index in [-0.39, 0.29) is 22.0 Å². The third-order valence-electron chi connectivity index (χ3n) is 5.72. The molecule has 0 bridgehead atoms. The minimum absolute atomic E-state index is 0.179. The number of hydrogen-bond donors (Lipinski definition) is 2. The van der Waals surface area contributed by atoms with Gasteiger partial charge in [-0.1, -0.05) is 42.5 Å². The predicted molar refractivity (Wildman–Crippen MR) is 119 cm³/mol. The van der Waals surface area contributed by atoms with Crippen molar-refractivity contribution in [2.24, 2.45) is 0 Å². The number of aryl methyl sites for hydroxylation is 1. The Kier molecular flexibility index (Phi) is 5.45. The number of aliphatic carboxylic acids is 1. The fourth-order valence-corrected chi connectivity index (χ4v) is 4.69. The van der Waals surface area contributed by atoms with Gasteiger partial charge in [0.05, 0.1) is 21.1 Å². The lowest BCUT2D eigenvalue weighted by Gasteiger charge is -2.25. The molecule has 0 atom stereocenters. The van der Waals surface area contributed by atoms with Gasteiger partial charge in [0, 0.05) is 22.5 Å². The van der Waals surface area contributed by atoms with Gasteiger partial charge < -0.3 is 15.0 Å². The maximum atomic E-state index is 13.3. The number of nitrogens with zero attached hydrogens (tertiary/aromatic N) is 1. The van der Waals surface area contributed by atoms with E-state index in [1.165, 1.54) is 19.3 Å². The number of benzene rings is 2. The number of nitrogens with one attached hydrogen (secondary N) is 1. The van der Waals surface area contributed by atoms with Crippen molar-refractivity contribution in [3.05, 3.63) is 50.1 Å². The van der Waals surface area contributed by atoms with Crippen LogP contribution in [0.25, 0.3) is 21.8 Å². The first-order valence-corrected chi connectivity index (χ1v) is 10.6. The molecule has 1 saturated carbocycles. The number of carboxylic acid groups (broad SMARTS) is 1. The number of hydrogen-bond acceptors (Lipinski definition) is 3. The van der Waals surface area contributed by atoms with Crippen molar-refractivity contribution in [2.75, 3.05) is 5.32 Å². The number of carbonyl (C=O) groups is 1. The molecule has 0 amide bonds. The highest BCUT2D eigenvalue weighted by molar-refractivity contribution is 6.45. The zero-order valence-corrected chi connectivity index (χ0v) is 17.6. The molecule has 152 valence electrons. The van der Waals surface area contributed by atoms with E-state index in [9.17, 15) is 14.7 Å². The second kappa shape index (κ2) is 7.88. The Hall–Kier alpha value is -2.24. The van der Waals surface area contributed by atoms with Crippen molar-refractivity contribution >= 4 is 56.7 Å². The van der Waals surface area contributed by atoms with Crippen LogP contribution in [0.3, 0.4) is 0 Å². The van der Waals surface area contributed by atoms with Gasteiger partial charge in [-0.3, -0.25) is 9.59 Å². The molecular weight excluding hydrogens is 411 g/mol. The van der Waals surface area contributed by atoms with Crippen molar-refractivity contribution in [2.45, 2.75) is 51.6 Å². The molecule has 1 aromatic heterocycles. The number of carboxylic acids is 1. The summed E-state index contributed by atoms with van der Waals surface area (Å²) in [5.74, 6) is -1.02. The molecule has 0 saturated heterocycles. The minimum Gasteiger partial charge on any atom is -0.480 e. The molecule has 5 nitrogen and oxygen atoms in total. The number of fused-ring (bicyclic) bond motifs is 2. The second-order valence-electron chi connectivity index (χ2n) is 7.73. The first kappa shape index (κ1) is 20.0. The highest BCUT2D eigenvalue weighted by atomic mass is 35.5. The van der Waals surface area contributed by atoms with Crippen molar-refractivity contribution in [1.82, 2.24) is 4.57 Å². The summed E-state index contributed by atoms with van der Waals surface area (Å²) in [5, 5.41) is 14.4. The molecule has 1 heterocycles. The summed E-state index contributed by atoms with van der Waals surface area (Å²) in [4.78, 5) is 24.8. The van der Waals surface area contributed by atoms with Crippen LogP contribution in [-0.4, -0.2) is 21.7 Å². The average Bonchev–Trinajstić information content (AvgIpc) is 2.69. The van der Waals surface area contributed by atoms with Crippen LogP contribution in [0.2, 0.25) is 10.0 Å². The van der Waals surface area contributed by atoms with Crippen LogP contribution in [0.5, 0.6) is 0 Å². The summed E-state index contributed by atoms with van der Waals surface area (Å²) in [7, 11) is 0. The van der Waals surface area contributed by atoms with Gasteiger partial charge in [-0.2, -0.15) is 0 Å². The quantitative estimate of drug-likeness (QED) is 0.526. The maximum absolute atomic E-state index is 13.3. The Morgan fingerprint density at radius 1 is 1.17 bits per heavy atom. The highest BCUT2D eigenvalue weighted by Crippen LogP contribution is 2.33. The Bertz CT molecular complexity index is 1180. The molecule has 3 aromatic rings. The van der Waals surface area contributed by atoms with Gasteiger partial charge in [0.1, 0.15) is 6.54 Å². The molecule has 2 aromatic carbocycles. The van der Waals surface area contributed by atoms with Gasteiger partial charge in [0.2, 0.25) is 0 Å². The number of halogens is 2. The Labute approximate surface area is 178 Å². The van der Waals surface area contributed by atoms with E-state index >= 15 is 0 Å². The molecular formula is C22H22Cl2N2O3. The molecule has 29 heavy (non-hydrogen) atoms. The lowest BCUT2D eigenvalue weighted by Crippen LogP contribution is -2.23. The summed E-state index contributed by atoms with van der Waals surface area (Å²) in [5.41, 5.74) is 2.59. The van der Waals surface area contributed by atoms with Gasteiger partial charge in [-0.05, 0) is 49.6 Å². The molecule has 2 N–H and O–H groups in total. The van der Waals surface area contributed by atoms with E-state index in [2.05, 4.69) is 5.32 Å². The number of aromatic nitrogens is 1. The number of anilines is 1. The van der Waals surface area contributed by atoms with Crippen molar-refractivity contribution in [3.63, 3.8) is 0 Å². The summed E-state index contributed by atoms with van der Waals surface area (Å²) in [6.45, 7) is 1.64. The largest absolute Gasteiger partial charge is 0.480 e. The van der Waals surface area contributed by atoms with Crippen LogP contribution in [0.1, 0.15) is 37.7 Å². The molecule has 7 heteroatoms. The van der Waals surface area contributed by atoms with Gasteiger partial charge in [0.15, 0.2) is 5.43 Å². The van der Waals surface area contributed by atoms with Crippen LogP contribution in [0.4, 0.5) is 5.69 Å². The van der Waals surface area contributed by atoms with Crippen molar-refractivity contribution in [3.8, 4) is 0 Å². The summed E-state index contributed by atoms with van der Waals surface area (Å²) < 4.78 is 1.57. The predicted octanol–water partition coefficient (Wildman–Crippen LogP) is 5.60. The monoisotopic (exact) mass is 432 g/mol. The van der Waals surface area contributed by atoms with E-state index in [1.54, 1.807) is 16.7 Å². The molecule has 0 radical (unpaired) electrons. The lowest BCUT2D eigenvalue weighted by molar-refractivity contribution is -0.137. The molecule has 0 unspecified atom stereocenters. The lowest BCUT2D eigenvalue weighted by atomic mass is 9.95. The van der Waals surface area contributed by atoms with Crippen molar-refractivity contribution in [1.29, 1.82) is 0 Å². The average molecular weight is 433 g/mol. The Morgan fingerprint density at radius 3 is 2.59 bits per heavy atom. The first-order chi connectivity index (χ1) is 13.9. The van der Waals surface area contributed by atoms with Crippen LogP contribution >= 0.6 is 23.2 Å². The van der Waals surface area contributed by atoms with Gasteiger partial charge in [-0.15, -0.1) is 0 Å². The number of rotatable bonds is 4. The van der Waals surface area contributed by atoms with Crippen molar-refractivity contribution < 1.29 is 9.90 Å². The molecule has 0 spiro atoms. The van der Waals surface area contributed by atoms with Gasteiger partial charge >= 0.3 is 5.97 Å². The van der Waals surface area contributed by atoms with E-state index in [0.29, 0.717) is 27.8 Å². The third kappa shape index (κ3) is 3.69. The van der Waals surface area contributed by atoms with Crippen LogP contribution in [-0.2, 0) is 11.3 Å². The fourth-order valence-electron chi connectivity index (χ4n) is 4.27. The van der Waals surface area contributed by atoms with E-state index < -0.39 is 5.97 Å². The van der Waals surface area contributed by atoms with Gasteiger partial charge in [-0.25, -0.2) is 0 Å². The molecule has 4 rings (SSSR count). The standard InChI is InChI=1S/C22H22Cl2N2O3/c1-12-9-18-15(10-17(12)25-13-5-3-2-4-6-13)22(29)14-7-8-16(23)20(24)21(14)26(18)11-19(27)28/h7-10,13,25H,2-6,11H2,1H3,(H,27,28). The van der Waals surface area contributed by atoms with Crippen LogP contribution < -0.4 is 10.7 Å². The highest BCUT2D eigenvalue weighted by Gasteiger charge is 2.19. The normalized spacial score (nSPS) is 15.1. The molecule has 1 aliphatic carbocycles. The summed E-state index contributed by atoms with van der Waals surface area (Å²) >= 11 is 12.5. The SMILES string of the molecule is Cc1cc2c(cc1NC1CCCCC1)c(=O)c1ccc(Cl)c(Cl)c1n2CC(=O)O. The first-order valence-electron chi connectivity index (χ1n) is 9.80. The van der Waals surface area contributed by atoms with E-state index in [0.717, 1.165) is 24.1 Å². The number of pyridine rings is 1. The summed E-state index contributed by atoms with van der Waals surface area (Å²) in [6, 6.07) is 7.29. The smallest absolute Gasteiger partial charge is 0.323 e. The third-order valence-corrected chi connectivity index (χ3v) is 6.51. The van der Waals surface area contributed by atoms with Crippen LogP contribution in [0, 0.1) is 6.92 Å². The minimum atomic E-state index is -1.02. The van der Waals surface area contributed by atoms with Gasteiger partial charge in [0.25, 0.3) is 0 Å². The molecule has 0 aliphatic heterocycles. The second-order valence-corrected chi connectivity index (χ2v) is 8.52. The van der Waals surface area contributed by atoms with E-state index in [1.807, 2.05) is 19.1 Å². The maximum Gasteiger partial charge on any atom is 0.323 e. The van der Waals surface area contributed by atoms with Crippen LogP contribution in [0.15, 0.2) is 29.1 Å². The van der Waals surface area contributed by atoms with E-state index in [4.69, 9.17) is 23.2 Å².